The van der Waals surface area contributed by atoms with Gasteiger partial charge in [0.2, 0.25) is 0 Å². The van der Waals surface area contributed by atoms with E-state index in [0.717, 1.165) is 50.1 Å². The lowest BCUT2D eigenvalue weighted by Crippen LogP contribution is -2.17. The summed E-state index contributed by atoms with van der Waals surface area (Å²) < 4.78 is 6.95. The molecule has 0 atom stereocenters. The molecule has 1 aromatic heterocycles. The van der Waals surface area contributed by atoms with Crippen molar-refractivity contribution in [2.24, 2.45) is 0 Å². The van der Waals surface area contributed by atoms with Crippen LogP contribution in [-0.2, 0) is 5.41 Å². The first kappa shape index (κ1) is 29.5. The van der Waals surface area contributed by atoms with Crippen LogP contribution in [0.1, 0.15) is 25.0 Å². The summed E-state index contributed by atoms with van der Waals surface area (Å²) in [5.41, 5.74) is 14.9. The lowest BCUT2D eigenvalue weighted by molar-refractivity contribution is 0.660. The van der Waals surface area contributed by atoms with Crippen LogP contribution in [0.4, 0.5) is 17.1 Å². The van der Waals surface area contributed by atoms with Gasteiger partial charge in [0.25, 0.3) is 0 Å². The van der Waals surface area contributed by atoms with Crippen molar-refractivity contribution < 1.29 is 4.42 Å². The van der Waals surface area contributed by atoms with Crippen LogP contribution in [0.15, 0.2) is 180 Å². The standard InChI is InChI=1S/C49H35NO/c1-49(2)41-24-13-11-23-38(41)39-29-28-35(31-42(39)49)50(43-25-14-12-21-36(43)32-16-5-3-6-17-32)44-26-15-27-45-47(44)46-37-22-10-9-20-34(37)30-40(48(46)51-45)33-18-7-4-8-19-33/h3-31H,1-2H3. The minimum atomic E-state index is -0.137. The number of furan rings is 1. The molecule has 8 aromatic carbocycles. The molecule has 0 radical (unpaired) electrons. The summed E-state index contributed by atoms with van der Waals surface area (Å²) >= 11 is 0. The smallest absolute Gasteiger partial charge is 0.143 e. The molecule has 0 aliphatic heterocycles. The maximum Gasteiger partial charge on any atom is 0.143 e. The van der Waals surface area contributed by atoms with Gasteiger partial charge in [0.05, 0.1) is 16.8 Å². The lowest BCUT2D eigenvalue weighted by Gasteiger charge is -2.30. The van der Waals surface area contributed by atoms with Crippen molar-refractivity contribution in [2.75, 3.05) is 4.90 Å². The molecule has 0 fully saturated rings. The zero-order valence-corrected chi connectivity index (χ0v) is 28.6. The van der Waals surface area contributed by atoms with Crippen molar-refractivity contribution in [3.8, 4) is 33.4 Å². The van der Waals surface area contributed by atoms with Gasteiger partial charge in [-0.25, -0.2) is 0 Å². The average Bonchev–Trinajstić information content (AvgIpc) is 3.69. The summed E-state index contributed by atoms with van der Waals surface area (Å²) in [6.45, 7) is 4.70. The van der Waals surface area contributed by atoms with Gasteiger partial charge in [-0.1, -0.05) is 153 Å². The van der Waals surface area contributed by atoms with E-state index in [1.165, 1.54) is 44.2 Å². The maximum absolute atomic E-state index is 6.95. The third kappa shape index (κ3) is 4.50. The SMILES string of the molecule is CC1(C)c2ccccc2-c2ccc(N(c3ccccc3-c3ccccc3)c3cccc4oc5c(-c6ccccc6)cc6ccccc6c5c34)cc21. The molecule has 9 aromatic rings. The van der Waals surface area contributed by atoms with Gasteiger partial charge in [0, 0.05) is 27.6 Å². The van der Waals surface area contributed by atoms with E-state index in [0.29, 0.717) is 0 Å². The Morgan fingerprint density at radius 2 is 1.08 bits per heavy atom. The van der Waals surface area contributed by atoms with Crippen molar-refractivity contribution >= 4 is 49.8 Å². The molecule has 0 N–H and O–H groups in total. The summed E-state index contributed by atoms with van der Waals surface area (Å²) in [7, 11) is 0. The van der Waals surface area contributed by atoms with Gasteiger partial charge in [-0.2, -0.15) is 0 Å². The fraction of sp³-hybridized carbons (Fsp3) is 0.0612. The summed E-state index contributed by atoms with van der Waals surface area (Å²) in [6.07, 6.45) is 0. The van der Waals surface area contributed by atoms with Gasteiger partial charge in [-0.3, -0.25) is 0 Å². The van der Waals surface area contributed by atoms with E-state index in [4.69, 9.17) is 4.42 Å². The van der Waals surface area contributed by atoms with Crippen LogP contribution in [0.5, 0.6) is 0 Å². The van der Waals surface area contributed by atoms with Gasteiger partial charge < -0.3 is 9.32 Å². The largest absolute Gasteiger partial charge is 0.455 e. The van der Waals surface area contributed by atoms with Crippen LogP contribution in [0.2, 0.25) is 0 Å². The summed E-state index contributed by atoms with van der Waals surface area (Å²) in [6, 6.07) is 63.5. The highest BCUT2D eigenvalue weighted by molar-refractivity contribution is 6.26. The van der Waals surface area contributed by atoms with Crippen LogP contribution in [0.3, 0.4) is 0 Å². The molecule has 1 heterocycles. The van der Waals surface area contributed by atoms with Crippen LogP contribution in [-0.4, -0.2) is 0 Å². The number of rotatable bonds is 5. The average molecular weight is 654 g/mol. The number of anilines is 3. The first-order valence-corrected chi connectivity index (χ1v) is 17.7. The first-order valence-electron chi connectivity index (χ1n) is 17.7. The molecule has 2 heteroatoms. The Kier molecular flexibility index (Phi) is 6.56. The molecule has 0 saturated carbocycles. The lowest BCUT2D eigenvalue weighted by atomic mass is 9.82. The second-order valence-electron chi connectivity index (χ2n) is 14.1. The number of hydrogen-bond donors (Lipinski definition) is 0. The topological polar surface area (TPSA) is 16.4 Å². The molecule has 0 amide bonds. The van der Waals surface area contributed by atoms with Crippen molar-refractivity contribution in [3.05, 3.63) is 187 Å². The second kappa shape index (κ2) is 11.3. The highest BCUT2D eigenvalue weighted by Crippen LogP contribution is 2.53. The molecule has 1 aliphatic carbocycles. The zero-order valence-electron chi connectivity index (χ0n) is 28.6. The number of benzene rings is 8. The van der Waals surface area contributed by atoms with E-state index >= 15 is 0 Å². The molecule has 0 unspecified atom stereocenters. The molecular formula is C49H35NO. The molecule has 0 bridgehead atoms. The molecule has 10 rings (SSSR count). The van der Waals surface area contributed by atoms with E-state index < -0.39 is 0 Å². The normalized spacial score (nSPS) is 13.1. The van der Waals surface area contributed by atoms with E-state index in [1.54, 1.807) is 0 Å². The predicted octanol–water partition coefficient (Wildman–Crippen LogP) is 13.8. The number of para-hydroxylation sites is 1. The molecule has 51 heavy (non-hydrogen) atoms. The Bertz CT molecular complexity index is 2770. The Morgan fingerprint density at radius 1 is 0.451 bits per heavy atom. The van der Waals surface area contributed by atoms with E-state index in [-0.39, 0.29) is 5.41 Å². The van der Waals surface area contributed by atoms with Crippen molar-refractivity contribution in [2.45, 2.75) is 19.3 Å². The number of fused-ring (bicyclic) bond motifs is 8. The van der Waals surface area contributed by atoms with Gasteiger partial charge >= 0.3 is 0 Å². The minimum Gasteiger partial charge on any atom is -0.455 e. The minimum absolute atomic E-state index is 0.137. The zero-order chi connectivity index (χ0) is 34.1. The Morgan fingerprint density at radius 3 is 1.88 bits per heavy atom. The highest BCUT2D eigenvalue weighted by Gasteiger charge is 2.36. The van der Waals surface area contributed by atoms with Crippen LogP contribution < -0.4 is 4.90 Å². The summed E-state index contributed by atoms with van der Waals surface area (Å²) in [4.78, 5) is 2.46. The van der Waals surface area contributed by atoms with Crippen LogP contribution in [0.25, 0.3) is 66.1 Å². The van der Waals surface area contributed by atoms with Crippen molar-refractivity contribution in [1.29, 1.82) is 0 Å². The third-order valence-corrected chi connectivity index (χ3v) is 10.8. The Hall–Kier alpha value is -6.38. The van der Waals surface area contributed by atoms with Gasteiger partial charge in [0.1, 0.15) is 11.2 Å². The van der Waals surface area contributed by atoms with Crippen molar-refractivity contribution in [3.63, 3.8) is 0 Å². The maximum atomic E-state index is 6.95. The Balaban J connectivity index is 1.31. The summed E-state index contributed by atoms with van der Waals surface area (Å²) in [5.74, 6) is 0. The van der Waals surface area contributed by atoms with Crippen LogP contribution >= 0.6 is 0 Å². The van der Waals surface area contributed by atoms with E-state index in [1.807, 2.05) is 0 Å². The third-order valence-electron chi connectivity index (χ3n) is 10.8. The highest BCUT2D eigenvalue weighted by atomic mass is 16.3. The fourth-order valence-electron chi connectivity index (χ4n) is 8.44. The molecule has 1 aliphatic rings. The van der Waals surface area contributed by atoms with Gasteiger partial charge in [-0.05, 0) is 80.6 Å². The van der Waals surface area contributed by atoms with Crippen molar-refractivity contribution in [1.82, 2.24) is 0 Å². The molecular weight excluding hydrogens is 619 g/mol. The van der Waals surface area contributed by atoms with Gasteiger partial charge in [-0.15, -0.1) is 0 Å². The first-order chi connectivity index (χ1) is 25.1. The fourth-order valence-corrected chi connectivity index (χ4v) is 8.44. The summed E-state index contributed by atoms with van der Waals surface area (Å²) in [5, 5.41) is 4.61. The molecule has 2 nitrogen and oxygen atoms in total. The molecule has 0 saturated heterocycles. The van der Waals surface area contributed by atoms with E-state index in [9.17, 15) is 0 Å². The van der Waals surface area contributed by atoms with Crippen LogP contribution in [0, 0.1) is 0 Å². The van der Waals surface area contributed by atoms with Gasteiger partial charge in [0.15, 0.2) is 0 Å². The Labute approximate surface area is 297 Å². The predicted molar refractivity (Wildman–Crippen MR) is 214 cm³/mol. The number of hydrogen-bond acceptors (Lipinski definition) is 2. The number of nitrogens with zero attached hydrogens (tertiary/aromatic N) is 1. The quantitative estimate of drug-likeness (QED) is 0.184. The monoisotopic (exact) mass is 653 g/mol. The van der Waals surface area contributed by atoms with E-state index in [2.05, 4.69) is 195 Å². The molecule has 0 spiro atoms. The molecule has 242 valence electrons. The second-order valence-corrected chi connectivity index (χ2v) is 14.1.